The molecular formula is C25H21N3O6. The molecule has 0 fully saturated rings. The molecule has 0 saturated heterocycles. The Morgan fingerprint density at radius 1 is 0.912 bits per heavy atom. The molecule has 1 aliphatic rings. The number of rotatable bonds is 4. The van der Waals surface area contributed by atoms with Gasteiger partial charge in [0.15, 0.2) is 0 Å². The number of hydrogen-bond donors (Lipinski definition) is 0. The monoisotopic (exact) mass is 459 g/mol. The molecule has 9 heteroatoms. The Morgan fingerprint density at radius 3 is 2.21 bits per heavy atom. The van der Waals surface area contributed by atoms with Gasteiger partial charge in [-0.3, -0.25) is 19.0 Å². The molecule has 2 amide bonds. The molecule has 34 heavy (non-hydrogen) atoms. The van der Waals surface area contributed by atoms with E-state index in [9.17, 15) is 24.0 Å². The Labute approximate surface area is 194 Å². The summed E-state index contributed by atoms with van der Waals surface area (Å²) >= 11 is 0. The fourth-order valence-electron chi connectivity index (χ4n) is 3.78. The highest BCUT2D eigenvalue weighted by molar-refractivity contribution is 6.43. The third kappa shape index (κ3) is 3.77. The van der Waals surface area contributed by atoms with Crippen molar-refractivity contribution >= 4 is 35.1 Å². The van der Waals surface area contributed by atoms with Crippen LogP contribution in [0.5, 0.6) is 0 Å². The van der Waals surface area contributed by atoms with Crippen molar-refractivity contribution in [2.45, 2.75) is 6.92 Å². The topological polar surface area (TPSA) is 108 Å². The van der Waals surface area contributed by atoms with Gasteiger partial charge in [0.25, 0.3) is 17.4 Å². The molecule has 2 heterocycles. The number of esters is 1. The lowest BCUT2D eigenvalue weighted by Gasteiger charge is -2.28. The SMILES string of the molecule is CCOC(=O)c1ccc(N2C(=O)/C(=C\c3cn(C)c(=O)n(C)c3=O)c3ccccc3C2=O)cc1. The molecule has 2 aromatic carbocycles. The van der Waals surface area contributed by atoms with E-state index in [-0.39, 0.29) is 34.6 Å². The smallest absolute Gasteiger partial charge is 0.338 e. The number of amides is 2. The van der Waals surface area contributed by atoms with Crippen LogP contribution < -0.4 is 16.1 Å². The minimum Gasteiger partial charge on any atom is -0.462 e. The van der Waals surface area contributed by atoms with E-state index in [0.29, 0.717) is 5.56 Å². The number of anilines is 1. The van der Waals surface area contributed by atoms with Crippen LogP contribution in [0, 0.1) is 0 Å². The number of aryl methyl sites for hydroxylation is 1. The first-order valence-electron chi connectivity index (χ1n) is 10.5. The number of carbonyl (C=O) groups excluding carboxylic acids is 3. The maximum atomic E-state index is 13.5. The molecule has 9 nitrogen and oxygen atoms in total. The molecule has 0 spiro atoms. The zero-order valence-electron chi connectivity index (χ0n) is 18.8. The second-order valence-electron chi connectivity index (χ2n) is 7.66. The number of ether oxygens (including phenoxy) is 1. The summed E-state index contributed by atoms with van der Waals surface area (Å²) in [5.41, 5.74) is 0.390. The number of benzene rings is 2. The molecule has 1 aliphatic heterocycles. The van der Waals surface area contributed by atoms with Crippen LogP contribution in [-0.4, -0.2) is 33.5 Å². The molecule has 172 valence electrons. The first-order valence-corrected chi connectivity index (χ1v) is 10.5. The van der Waals surface area contributed by atoms with Crippen molar-refractivity contribution in [1.29, 1.82) is 0 Å². The highest BCUT2D eigenvalue weighted by atomic mass is 16.5. The van der Waals surface area contributed by atoms with Crippen LogP contribution in [0.2, 0.25) is 0 Å². The molecule has 3 aromatic rings. The van der Waals surface area contributed by atoms with Crippen LogP contribution in [0.15, 0.2) is 64.3 Å². The van der Waals surface area contributed by atoms with Crippen LogP contribution >= 0.6 is 0 Å². The van der Waals surface area contributed by atoms with Crippen molar-refractivity contribution < 1.29 is 19.1 Å². The summed E-state index contributed by atoms with van der Waals surface area (Å²) in [6, 6.07) is 12.5. The van der Waals surface area contributed by atoms with E-state index in [4.69, 9.17) is 4.74 Å². The van der Waals surface area contributed by atoms with Crippen LogP contribution in [0.3, 0.4) is 0 Å². The largest absolute Gasteiger partial charge is 0.462 e. The summed E-state index contributed by atoms with van der Waals surface area (Å²) < 4.78 is 7.16. The lowest BCUT2D eigenvalue weighted by molar-refractivity contribution is -0.112. The van der Waals surface area contributed by atoms with Gasteiger partial charge in [0.05, 0.1) is 23.4 Å². The van der Waals surface area contributed by atoms with Crippen molar-refractivity contribution in [2.75, 3.05) is 11.5 Å². The van der Waals surface area contributed by atoms with Gasteiger partial charge in [0, 0.05) is 31.4 Å². The second-order valence-corrected chi connectivity index (χ2v) is 7.66. The Kier molecular flexibility index (Phi) is 5.85. The van der Waals surface area contributed by atoms with Crippen molar-refractivity contribution in [2.24, 2.45) is 14.1 Å². The van der Waals surface area contributed by atoms with Gasteiger partial charge in [-0.2, -0.15) is 0 Å². The third-order valence-corrected chi connectivity index (χ3v) is 5.49. The average molecular weight is 459 g/mol. The molecule has 0 N–H and O–H groups in total. The van der Waals surface area contributed by atoms with Gasteiger partial charge >= 0.3 is 11.7 Å². The summed E-state index contributed by atoms with van der Waals surface area (Å²) in [4.78, 5) is 64.5. The molecule has 0 bridgehead atoms. The molecule has 0 unspecified atom stereocenters. The highest BCUT2D eigenvalue weighted by Gasteiger charge is 2.36. The summed E-state index contributed by atoms with van der Waals surface area (Å²) in [5.74, 6) is -1.68. The fraction of sp³-hybridized carbons (Fsp3) is 0.160. The van der Waals surface area contributed by atoms with Crippen LogP contribution in [-0.2, 0) is 23.6 Å². The maximum Gasteiger partial charge on any atom is 0.338 e. The van der Waals surface area contributed by atoms with Gasteiger partial charge in [-0.05, 0) is 48.9 Å². The average Bonchev–Trinajstić information content (AvgIpc) is 2.84. The van der Waals surface area contributed by atoms with Crippen molar-refractivity contribution in [1.82, 2.24) is 9.13 Å². The Bertz CT molecular complexity index is 1480. The molecule has 0 atom stereocenters. The van der Waals surface area contributed by atoms with Crippen molar-refractivity contribution in [3.63, 3.8) is 0 Å². The van der Waals surface area contributed by atoms with Crippen molar-refractivity contribution in [3.8, 4) is 0 Å². The predicted octanol–water partition coefficient (Wildman–Crippen LogP) is 1.99. The summed E-state index contributed by atoms with van der Waals surface area (Å²) in [7, 11) is 2.85. The van der Waals surface area contributed by atoms with Gasteiger partial charge in [0.1, 0.15) is 0 Å². The first-order chi connectivity index (χ1) is 16.2. The Morgan fingerprint density at radius 2 is 1.56 bits per heavy atom. The van der Waals surface area contributed by atoms with Gasteiger partial charge in [0.2, 0.25) is 0 Å². The molecule has 1 aromatic heterocycles. The summed E-state index contributed by atoms with van der Waals surface area (Å²) in [6.45, 7) is 1.92. The predicted molar refractivity (Wildman–Crippen MR) is 125 cm³/mol. The molecular weight excluding hydrogens is 438 g/mol. The lowest BCUT2D eigenvalue weighted by atomic mass is 9.92. The zero-order valence-corrected chi connectivity index (χ0v) is 18.8. The van der Waals surface area contributed by atoms with Crippen molar-refractivity contribution in [3.05, 3.63) is 97.8 Å². The second kappa shape index (κ2) is 8.78. The number of imide groups is 1. The summed E-state index contributed by atoms with van der Waals surface area (Å²) in [6.07, 6.45) is 2.73. The Hall–Kier alpha value is -4.53. The van der Waals surface area contributed by atoms with E-state index in [1.54, 1.807) is 31.2 Å². The van der Waals surface area contributed by atoms with E-state index in [0.717, 1.165) is 9.47 Å². The standard InChI is InChI=1S/C25H21N3O6/c1-4-34-24(32)15-9-11-17(12-10-15)28-22(30)19-8-6-5-7-18(19)20(23(28)31)13-16-14-26(2)25(33)27(3)21(16)29/h5-14H,4H2,1-3H3/b20-13-. The van der Waals surface area contributed by atoms with E-state index in [2.05, 4.69) is 0 Å². The quantitative estimate of drug-likeness (QED) is 0.336. The Balaban J connectivity index is 1.86. The minimum absolute atomic E-state index is 0.120. The van der Waals surface area contributed by atoms with Crippen LogP contribution in [0.25, 0.3) is 11.6 Å². The minimum atomic E-state index is -0.636. The van der Waals surface area contributed by atoms with Gasteiger partial charge in [-0.15, -0.1) is 0 Å². The number of aromatic nitrogens is 2. The highest BCUT2D eigenvalue weighted by Crippen LogP contribution is 2.33. The third-order valence-electron chi connectivity index (χ3n) is 5.49. The van der Waals surface area contributed by atoms with Crippen LogP contribution in [0.4, 0.5) is 5.69 Å². The fourth-order valence-corrected chi connectivity index (χ4v) is 3.78. The van der Waals surface area contributed by atoms with Gasteiger partial charge in [-0.25, -0.2) is 14.5 Å². The number of nitrogens with zero attached hydrogens (tertiary/aromatic N) is 3. The zero-order chi connectivity index (χ0) is 24.6. The van der Waals surface area contributed by atoms with E-state index in [1.165, 1.54) is 55.2 Å². The van der Waals surface area contributed by atoms with Gasteiger partial charge < -0.3 is 9.30 Å². The van der Waals surface area contributed by atoms with Crippen LogP contribution in [0.1, 0.15) is 38.8 Å². The maximum absolute atomic E-state index is 13.5. The normalized spacial score (nSPS) is 14.3. The van der Waals surface area contributed by atoms with E-state index in [1.807, 2.05) is 0 Å². The molecule has 4 rings (SSSR count). The van der Waals surface area contributed by atoms with E-state index < -0.39 is 29.0 Å². The lowest BCUT2D eigenvalue weighted by Crippen LogP contribution is -2.42. The number of fused-ring (bicyclic) bond motifs is 1. The van der Waals surface area contributed by atoms with E-state index >= 15 is 0 Å². The van der Waals surface area contributed by atoms with Gasteiger partial charge in [-0.1, -0.05) is 18.2 Å². The number of carbonyl (C=O) groups is 3. The molecule has 0 aliphatic carbocycles. The number of hydrogen-bond acceptors (Lipinski definition) is 6. The molecule has 0 saturated carbocycles. The first kappa shape index (κ1) is 22.7. The summed E-state index contributed by atoms with van der Waals surface area (Å²) in [5, 5.41) is 0. The molecule has 0 radical (unpaired) electrons.